The van der Waals surface area contributed by atoms with E-state index in [1.807, 2.05) is 5.48 Å². The number of nitrogens with zero attached hydrogens (tertiary/aromatic N) is 1. The maximum absolute atomic E-state index is 8.64. The molecule has 0 aliphatic rings. The number of rotatable bonds is 6. The monoisotopic (exact) mass is 149 g/mol. The van der Waals surface area contributed by atoms with Crippen molar-refractivity contribution in [3.63, 3.8) is 0 Å². The molecule has 0 radical (unpaired) electrons. The molecule has 0 aromatic carbocycles. The van der Waals surface area contributed by atoms with Crippen molar-refractivity contribution in [2.75, 3.05) is 33.2 Å². The molecule has 0 spiro atoms. The second-order valence-corrected chi connectivity index (χ2v) is 2.04. The molecule has 0 saturated carbocycles. The van der Waals surface area contributed by atoms with Crippen LogP contribution in [0.15, 0.2) is 0 Å². The van der Waals surface area contributed by atoms with Gasteiger partial charge in [-0.3, -0.25) is 0 Å². The third-order valence-corrected chi connectivity index (χ3v) is 1.03. The van der Waals surface area contributed by atoms with E-state index in [0.717, 1.165) is 5.06 Å². The lowest BCUT2D eigenvalue weighted by Crippen LogP contribution is -2.31. The Morgan fingerprint density at radius 1 is 1.30 bits per heavy atom. The van der Waals surface area contributed by atoms with Crippen molar-refractivity contribution in [2.45, 2.75) is 0 Å². The first-order valence-corrected chi connectivity index (χ1v) is 3.25. The second kappa shape index (κ2) is 6.91. The predicted octanol–water partition coefficient (Wildman–Crippen LogP) is -1.12. The summed E-state index contributed by atoms with van der Waals surface area (Å²) in [6.07, 6.45) is 0. The Balaban J connectivity index is 2.77. The lowest BCUT2D eigenvalue weighted by Gasteiger charge is -2.07. The Hall–Kier alpha value is -0.200. The van der Waals surface area contributed by atoms with Crippen LogP contribution in [0.25, 0.3) is 0 Å². The predicted molar refractivity (Wildman–Crippen MR) is 37.1 cm³/mol. The summed E-state index contributed by atoms with van der Waals surface area (Å²) in [5.74, 6) is 0. The Morgan fingerprint density at radius 3 is 2.50 bits per heavy atom. The molecule has 0 bridgehead atoms. The minimum atomic E-state index is 0.523. The van der Waals surface area contributed by atoms with Crippen LogP contribution in [0.2, 0.25) is 0 Å². The molecule has 0 heterocycles. The van der Waals surface area contributed by atoms with Gasteiger partial charge >= 0.3 is 0 Å². The van der Waals surface area contributed by atoms with Gasteiger partial charge in [-0.25, -0.2) is 5.48 Å². The number of hydrogen-bond donors (Lipinski definition) is 4. The van der Waals surface area contributed by atoms with Gasteiger partial charge in [0.25, 0.3) is 0 Å². The summed E-state index contributed by atoms with van der Waals surface area (Å²) in [4.78, 5) is 0. The average molecular weight is 149 g/mol. The van der Waals surface area contributed by atoms with Gasteiger partial charge in [0.15, 0.2) is 0 Å². The van der Waals surface area contributed by atoms with Crippen molar-refractivity contribution >= 4 is 0 Å². The van der Waals surface area contributed by atoms with Crippen LogP contribution in [0.1, 0.15) is 0 Å². The summed E-state index contributed by atoms with van der Waals surface area (Å²) in [5.41, 5.74) is 2.02. The van der Waals surface area contributed by atoms with E-state index < -0.39 is 0 Å². The summed E-state index contributed by atoms with van der Waals surface area (Å²) in [5, 5.41) is 20.9. The lowest BCUT2D eigenvalue weighted by molar-refractivity contribution is -0.0630. The van der Waals surface area contributed by atoms with Crippen LogP contribution in [0.5, 0.6) is 0 Å². The molecule has 0 amide bonds. The molecule has 0 aromatic heterocycles. The molecule has 5 nitrogen and oxygen atoms in total. The first-order chi connectivity index (χ1) is 4.77. The Morgan fingerprint density at radius 2 is 2.00 bits per heavy atom. The zero-order chi connectivity index (χ0) is 7.82. The second-order valence-electron chi connectivity index (χ2n) is 2.04. The van der Waals surface area contributed by atoms with Crippen LogP contribution in [-0.4, -0.2) is 48.7 Å². The fourth-order valence-corrected chi connectivity index (χ4v) is 0.510. The highest BCUT2D eigenvalue weighted by Crippen LogP contribution is 1.68. The minimum absolute atomic E-state index is 0.523. The van der Waals surface area contributed by atoms with Crippen molar-refractivity contribution in [1.29, 1.82) is 0 Å². The largest absolute Gasteiger partial charge is 0.317 e. The summed E-state index contributed by atoms with van der Waals surface area (Å²) in [7, 11) is 1.59. The van der Waals surface area contributed by atoms with E-state index in [9.17, 15) is 0 Å². The quantitative estimate of drug-likeness (QED) is 0.284. The average Bonchev–Trinajstić information content (AvgIpc) is 1.87. The van der Waals surface area contributed by atoms with Gasteiger partial charge in [-0.1, -0.05) is 0 Å². The van der Waals surface area contributed by atoms with Crippen LogP contribution in [0.3, 0.4) is 0 Å². The Kier molecular flexibility index (Phi) is 6.78. The van der Waals surface area contributed by atoms with Crippen molar-refractivity contribution in [3.05, 3.63) is 0 Å². The lowest BCUT2D eigenvalue weighted by atomic mass is 10.5. The molecular formula is C5H15N3O2. The molecule has 0 aromatic rings. The van der Waals surface area contributed by atoms with Crippen molar-refractivity contribution in [3.8, 4) is 0 Å². The molecular weight excluding hydrogens is 134 g/mol. The van der Waals surface area contributed by atoms with E-state index in [4.69, 9.17) is 10.4 Å². The summed E-state index contributed by atoms with van der Waals surface area (Å²) in [6, 6.07) is 0. The highest BCUT2D eigenvalue weighted by Gasteiger charge is 1.89. The van der Waals surface area contributed by atoms with Gasteiger partial charge in [-0.15, -0.1) is 0 Å². The Bertz CT molecular complexity index is 69.9. The number of hydroxylamine groups is 3. The summed E-state index contributed by atoms with van der Waals surface area (Å²) >= 11 is 0. The molecule has 5 heteroatoms. The van der Waals surface area contributed by atoms with Crippen molar-refractivity contribution in [2.24, 2.45) is 0 Å². The fraction of sp³-hybridized carbons (Fsp3) is 1.00. The SMILES string of the molecule is CN(O)CCNCCNO. The molecule has 0 rings (SSSR count). The third-order valence-electron chi connectivity index (χ3n) is 1.03. The van der Waals surface area contributed by atoms with Crippen LogP contribution in [0, 0.1) is 0 Å². The maximum Gasteiger partial charge on any atom is 0.0360 e. The van der Waals surface area contributed by atoms with Gasteiger partial charge in [0, 0.05) is 33.2 Å². The fourth-order valence-electron chi connectivity index (χ4n) is 0.510. The zero-order valence-electron chi connectivity index (χ0n) is 6.17. The topological polar surface area (TPSA) is 67.8 Å². The van der Waals surface area contributed by atoms with E-state index in [0.29, 0.717) is 26.2 Å². The van der Waals surface area contributed by atoms with E-state index in [2.05, 4.69) is 5.32 Å². The number of hydrogen-bond acceptors (Lipinski definition) is 5. The van der Waals surface area contributed by atoms with Crippen LogP contribution in [0.4, 0.5) is 0 Å². The Labute approximate surface area is 60.6 Å². The smallest absolute Gasteiger partial charge is 0.0360 e. The summed E-state index contributed by atoms with van der Waals surface area (Å²) in [6.45, 7) is 2.53. The zero-order valence-corrected chi connectivity index (χ0v) is 6.17. The van der Waals surface area contributed by atoms with Gasteiger partial charge in [0.1, 0.15) is 0 Å². The highest BCUT2D eigenvalue weighted by atomic mass is 16.5. The normalized spacial score (nSPS) is 10.8. The molecule has 0 atom stereocenters. The van der Waals surface area contributed by atoms with Gasteiger partial charge in [-0.2, -0.15) is 5.06 Å². The minimum Gasteiger partial charge on any atom is -0.317 e. The van der Waals surface area contributed by atoms with E-state index >= 15 is 0 Å². The molecule has 62 valence electrons. The van der Waals surface area contributed by atoms with E-state index in [-0.39, 0.29) is 0 Å². The molecule has 4 N–H and O–H groups in total. The molecule has 0 unspecified atom stereocenters. The van der Waals surface area contributed by atoms with Gasteiger partial charge < -0.3 is 15.7 Å². The highest BCUT2D eigenvalue weighted by molar-refractivity contribution is 4.47. The third kappa shape index (κ3) is 7.80. The maximum atomic E-state index is 8.64. The van der Waals surface area contributed by atoms with Crippen molar-refractivity contribution < 1.29 is 10.4 Å². The molecule has 10 heavy (non-hydrogen) atoms. The number of nitrogens with one attached hydrogen (secondary N) is 2. The molecule has 0 aliphatic heterocycles. The number of likely N-dealkylation sites (N-methyl/N-ethyl adjacent to an activating group) is 1. The van der Waals surface area contributed by atoms with Crippen LogP contribution < -0.4 is 10.8 Å². The summed E-state index contributed by atoms with van der Waals surface area (Å²) < 4.78 is 0. The van der Waals surface area contributed by atoms with E-state index in [1.54, 1.807) is 7.05 Å². The first-order valence-electron chi connectivity index (χ1n) is 3.25. The van der Waals surface area contributed by atoms with E-state index in [1.165, 1.54) is 0 Å². The molecule has 0 saturated heterocycles. The van der Waals surface area contributed by atoms with Gasteiger partial charge in [0.05, 0.1) is 0 Å². The van der Waals surface area contributed by atoms with Gasteiger partial charge in [0.2, 0.25) is 0 Å². The van der Waals surface area contributed by atoms with Crippen molar-refractivity contribution in [1.82, 2.24) is 15.9 Å². The molecule has 0 fully saturated rings. The van der Waals surface area contributed by atoms with Gasteiger partial charge in [-0.05, 0) is 0 Å². The van der Waals surface area contributed by atoms with Crippen LogP contribution >= 0.6 is 0 Å². The van der Waals surface area contributed by atoms with Crippen LogP contribution in [-0.2, 0) is 0 Å². The molecule has 0 aliphatic carbocycles. The first kappa shape index (κ1) is 9.80. The standard InChI is InChI=1S/C5H15N3O2/c1-8(10)5-4-6-2-3-7-9/h6-7,9-10H,2-5H2,1H3.